The molecule has 2 fully saturated rings. The Bertz CT molecular complexity index is 1080. The van der Waals surface area contributed by atoms with Gasteiger partial charge < -0.3 is 24.8 Å². The molecule has 218 valence electrons. The van der Waals surface area contributed by atoms with Crippen LogP contribution in [0.3, 0.4) is 0 Å². The Kier molecular flexibility index (Phi) is 11.4. The second-order valence-electron chi connectivity index (χ2n) is 11.5. The lowest BCUT2D eigenvalue weighted by Crippen LogP contribution is -2.51. The molecule has 0 aliphatic carbocycles. The van der Waals surface area contributed by atoms with Crippen molar-refractivity contribution in [3.8, 4) is 0 Å². The molecule has 2 heterocycles. The normalized spacial score (nSPS) is 17.2. The minimum absolute atomic E-state index is 0.0701. The van der Waals surface area contributed by atoms with E-state index in [1.807, 2.05) is 46.2 Å². The molecule has 1 N–H and O–H groups in total. The molecule has 40 heavy (non-hydrogen) atoms. The summed E-state index contributed by atoms with van der Waals surface area (Å²) in [5, 5.41) is 3.09. The highest BCUT2D eigenvalue weighted by atomic mass is 16.5. The fourth-order valence-corrected chi connectivity index (χ4v) is 5.93. The lowest BCUT2D eigenvalue weighted by molar-refractivity contribution is 0.0386. The third-order valence-electron chi connectivity index (χ3n) is 8.26. The molecule has 7 nitrogen and oxygen atoms in total. The topological polar surface area (TPSA) is 65.1 Å². The first-order chi connectivity index (χ1) is 19.5. The maximum Gasteiger partial charge on any atom is 0.320 e. The molecule has 2 aliphatic heterocycles. The molecule has 2 aromatic rings. The number of morpholine rings is 1. The lowest BCUT2D eigenvalue weighted by atomic mass is 9.95. The number of hydrogen-bond acceptors (Lipinski definition) is 4. The van der Waals surface area contributed by atoms with Crippen LogP contribution in [-0.4, -0.2) is 85.2 Å². The number of carbonyl (C=O) groups excluding carboxylic acids is 2. The second kappa shape index (κ2) is 15.2. The summed E-state index contributed by atoms with van der Waals surface area (Å²) in [6, 6.07) is 16.8. The highest BCUT2D eigenvalue weighted by Crippen LogP contribution is 2.23. The molecule has 0 aromatic heterocycles. The molecule has 1 atom stereocenters. The zero-order valence-corrected chi connectivity index (χ0v) is 24.7. The van der Waals surface area contributed by atoms with Crippen molar-refractivity contribution >= 4 is 17.6 Å². The van der Waals surface area contributed by atoms with Crippen LogP contribution < -0.4 is 5.32 Å². The molecule has 4 rings (SSSR count). The number of piperidine rings is 1. The van der Waals surface area contributed by atoms with Gasteiger partial charge in [-0.2, -0.15) is 0 Å². The van der Waals surface area contributed by atoms with E-state index in [1.54, 1.807) is 0 Å². The Morgan fingerprint density at radius 2 is 1.65 bits per heavy atom. The number of nitrogens with zero attached hydrogens (tertiary/aromatic N) is 3. The molecule has 7 heteroatoms. The van der Waals surface area contributed by atoms with Gasteiger partial charge in [0.25, 0.3) is 5.91 Å². The van der Waals surface area contributed by atoms with Crippen LogP contribution in [0.15, 0.2) is 48.5 Å². The number of anilines is 1. The minimum Gasteiger partial charge on any atom is -0.378 e. The summed E-state index contributed by atoms with van der Waals surface area (Å²) >= 11 is 0. The van der Waals surface area contributed by atoms with Crippen LogP contribution in [0.2, 0.25) is 0 Å². The number of nitrogens with one attached hydrogen (secondary N) is 1. The summed E-state index contributed by atoms with van der Waals surface area (Å²) in [5.41, 5.74) is 4.02. The van der Waals surface area contributed by atoms with Gasteiger partial charge in [0, 0.05) is 50.0 Å². The van der Waals surface area contributed by atoms with Gasteiger partial charge in [-0.05, 0) is 86.9 Å². The molecule has 2 saturated heterocycles. The van der Waals surface area contributed by atoms with Crippen LogP contribution in [0.1, 0.15) is 67.9 Å². The average Bonchev–Trinajstić information content (AvgIpc) is 2.98. The molecule has 3 amide bonds. The van der Waals surface area contributed by atoms with Gasteiger partial charge in [-0.3, -0.25) is 4.79 Å². The van der Waals surface area contributed by atoms with Crippen LogP contribution >= 0.6 is 0 Å². The molecule has 0 radical (unpaired) electrons. The van der Waals surface area contributed by atoms with E-state index in [2.05, 4.69) is 43.1 Å². The predicted molar refractivity (Wildman–Crippen MR) is 162 cm³/mol. The van der Waals surface area contributed by atoms with Crippen molar-refractivity contribution in [3.05, 3.63) is 65.2 Å². The van der Waals surface area contributed by atoms with Gasteiger partial charge in [0.1, 0.15) is 0 Å². The van der Waals surface area contributed by atoms with E-state index in [1.165, 1.54) is 11.1 Å². The fourth-order valence-electron chi connectivity index (χ4n) is 5.93. The van der Waals surface area contributed by atoms with Crippen molar-refractivity contribution in [2.75, 3.05) is 57.8 Å². The van der Waals surface area contributed by atoms with Crippen molar-refractivity contribution in [2.45, 2.75) is 65.3 Å². The number of aryl methyl sites for hydroxylation is 1. The third-order valence-corrected chi connectivity index (χ3v) is 8.26. The summed E-state index contributed by atoms with van der Waals surface area (Å²) in [5.74, 6) is 0.538. The fraction of sp³-hybridized carbons (Fsp3) is 0.576. The largest absolute Gasteiger partial charge is 0.378 e. The maximum absolute atomic E-state index is 12.9. The van der Waals surface area contributed by atoms with Crippen LogP contribution in [0.4, 0.5) is 10.5 Å². The molecular weight excluding hydrogens is 500 g/mol. The van der Waals surface area contributed by atoms with E-state index in [-0.39, 0.29) is 11.9 Å². The Hall–Kier alpha value is -2.90. The molecule has 0 bridgehead atoms. The van der Waals surface area contributed by atoms with Gasteiger partial charge in [0.2, 0.25) is 0 Å². The summed E-state index contributed by atoms with van der Waals surface area (Å²) in [7, 11) is 0. The number of benzene rings is 2. The Morgan fingerprint density at radius 1 is 0.950 bits per heavy atom. The van der Waals surface area contributed by atoms with Crippen molar-refractivity contribution in [1.29, 1.82) is 0 Å². The average molecular weight is 549 g/mol. The zero-order valence-electron chi connectivity index (χ0n) is 24.7. The van der Waals surface area contributed by atoms with E-state index in [0.717, 1.165) is 70.4 Å². The summed E-state index contributed by atoms with van der Waals surface area (Å²) in [6.07, 6.45) is 6.30. The zero-order chi connectivity index (χ0) is 28.3. The van der Waals surface area contributed by atoms with Crippen molar-refractivity contribution in [2.24, 2.45) is 5.92 Å². The first kappa shape index (κ1) is 30.1. The first-order valence-corrected chi connectivity index (χ1v) is 15.3. The van der Waals surface area contributed by atoms with Crippen LogP contribution in [0, 0.1) is 5.92 Å². The summed E-state index contributed by atoms with van der Waals surface area (Å²) in [6.45, 7) is 13.3. The van der Waals surface area contributed by atoms with Crippen molar-refractivity contribution in [1.82, 2.24) is 14.7 Å². The number of amides is 3. The number of carbonyl (C=O) groups is 2. The number of rotatable bonds is 11. The molecular formula is C33H48N4O3. The van der Waals surface area contributed by atoms with E-state index >= 15 is 0 Å². The number of hydrogen-bond donors (Lipinski definition) is 1. The van der Waals surface area contributed by atoms with E-state index in [0.29, 0.717) is 43.8 Å². The van der Waals surface area contributed by atoms with Gasteiger partial charge >= 0.3 is 6.03 Å². The first-order valence-electron chi connectivity index (χ1n) is 15.3. The standard InChI is InChI=1S/C33H48N4O3/c1-4-7-27-10-12-30(13-11-27)32(38)34-31-9-6-8-29(24-31)23-26(3)37(16-5-2)25-28-14-17-35(18-15-28)33(39)36-19-21-40-22-20-36/h6,8-13,24,26,28H,4-5,7,14-23,25H2,1-3H3,(H,34,38). The summed E-state index contributed by atoms with van der Waals surface area (Å²) < 4.78 is 5.40. The monoisotopic (exact) mass is 548 g/mol. The highest BCUT2D eigenvalue weighted by molar-refractivity contribution is 6.04. The number of ether oxygens (including phenoxy) is 1. The second-order valence-corrected chi connectivity index (χ2v) is 11.5. The van der Waals surface area contributed by atoms with Crippen LogP contribution in [0.5, 0.6) is 0 Å². The SMILES string of the molecule is CCCc1ccc(C(=O)Nc2cccc(CC(C)N(CCC)CC3CCN(C(=O)N4CCOCC4)CC3)c2)cc1. The predicted octanol–water partition coefficient (Wildman–Crippen LogP) is 5.70. The van der Waals surface area contributed by atoms with E-state index in [4.69, 9.17) is 4.74 Å². The van der Waals surface area contributed by atoms with E-state index < -0.39 is 0 Å². The Morgan fingerprint density at radius 3 is 2.33 bits per heavy atom. The molecule has 2 aromatic carbocycles. The third kappa shape index (κ3) is 8.55. The van der Waals surface area contributed by atoms with Crippen molar-refractivity contribution < 1.29 is 14.3 Å². The lowest BCUT2D eigenvalue weighted by Gasteiger charge is -2.39. The smallest absolute Gasteiger partial charge is 0.320 e. The molecule has 1 unspecified atom stereocenters. The van der Waals surface area contributed by atoms with Gasteiger partial charge in [0.15, 0.2) is 0 Å². The van der Waals surface area contributed by atoms with Gasteiger partial charge in [-0.25, -0.2) is 4.79 Å². The minimum atomic E-state index is -0.0701. The highest BCUT2D eigenvalue weighted by Gasteiger charge is 2.29. The summed E-state index contributed by atoms with van der Waals surface area (Å²) in [4.78, 5) is 32.3. The van der Waals surface area contributed by atoms with E-state index in [9.17, 15) is 9.59 Å². The van der Waals surface area contributed by atoms with Crippen molar-refractivity contribution in [3.63, 3.8) is 0 Å². The van der Waals surface area contributed by atoms with Gasteiger partial charge in [-0.15, -0.1) is 0 Å². The van der Waals surface area contributed by atoms with Crippen LogP contribution in [0.25, 0.3) is 0 Å². The molecule has 0 spiro atoms. The van der Waals surface area contributed by atoms with Crippen LogP contribution in [-0.2, 0) is 17.6 Å². The number of urea groups is 1. The van der Waals surface area contributed by atoms with Gasteiger partial charge in [-0.1, -0.05) is 44.5 Å². The molecule has 2 aliphatic rings. The Labute approximate surface area is 240 Å². The number of likely N-dealkylation sites (tertiary alicyclic amines) is 1. The molecule has 0 saturated carbocycles. The Balaban J connectivity index is 1.28. The van der Waals surface area contributed by atoms with Gasteiger partial charge in [0.05, 0.1) is 13.2 Å². The maximum atomic E-state index is 12.9. The quantitative estimate of drug-likeness (QED) is 0.391.